The van der Waals surface area contributed by atoms with Gasteiger partial charge in [-0.2, -0.15) is 0 Å². The molecule has 0 aliphatic carbocycles. The standard InChI is InChI=1S/C18H20BO2S/c1-12(20-4)18(2,3)21-19-13-9-10-17-15(11-13)14-7-5-6-8-16(14)22-17/h5-12H,1-4H3. The fourth-order valence-corrected chi connectivity index (χ4v) is 3.50. The van der Waals surface area contributed by atoms with Crippen LogP contribution in [0.5, 0.6) is 0 Å². The molecule has 2 nitrogen and oxygen atoms in total. The monoisotopic (exact) mass is 311 g/mol. The maximum absolute atomic E-state index is 5.96. The summed E-state index contributed by atoms with van der Waals surface area (Å²) in [5.41, 5.74) is 0.716. The Labute approximate surface area is 136 Å². The van der Waals surface area contributed by atoms with Crippen molar-refractivity contribution >= 4 is 44.5 Å². The Bertz CT molecular complexity index is 794. The van der Waals surface area contributed by atoms with E-state index in [1.165, 1.54) is 20.2 Å². The molecule has 0 aliphatic heterocycles. The van der Waals surface area contributed by atoms with Crippen molar-refractivity contribution < 1.29 is 9.39 Å². The number of methoxy groups -OCH3 is 1. The van der Waals surface area contributed by atoms with Crippen molar-refractivity contribution in [2.75, 3.05) is 7.11 Å². The highest BCUT2D eigenvalue weighted by molar-refractivity contribution is 7.25. The number of hydrogen-bond acceptors (Lipinski definition) is 3. The summed E-state index contributed by atoms with van der Waals surface area (Å²) >= 11 is 1.83. The summed E-state index contributed by atoms with van der Waals surface area (Å²) in [6.45, 7) is 6.09. The SMILES string of the molecule is COC(C)C(C)(C)O[B]c1ccc2sc3ccccc3c2c1. The molecule has 3 rings (SSSR count). The van der Waals surface area contributed by atoms with Gasteiger partial charge in [-0.3, -0.25) is 0 Å². The molecule has 1 aromatic heterocycles. The first kappa shape index (κ1) is 15.5. The molecule has 0 saturated heterocycles. The predicted molar refractivity (Wildman–Crippen MR) is 96.4 cm³/mol. The Balaban J connectivity index is 1.87. The number of fused-ring (bicyclic) bond motifs is 3. The van der Waals surface area contributed by atoms with E-state index in [1.807, 2.05) is 39.6 Å². The van der Waals surface area contributed by atoms with Crippen LogP contribution in [0.15, 0.2) is 42.5 Å². The van der Waals surface area contributed by atoms with Gasteiger partial charge < -0.3 is 9.39 Å². The maximum atomic E-state index is 5.96. The largest absolute Gasteiger partial charge is 0.427 e. The second-order valence-electron chi connectivity index (χ2n) is 6.07. The highest BCUT2D eigenvalue weighted by Gasteiger charge is 2.26. The summed E-state index contributed by atoms with van der Waals surface area (Å²) in [5, 5.41) is 2.60. The lowest BCUT2D eigenvalue weighted by atomic mass is 9.85. The Hall–Kier alpha value is -1.36. The van der Waals surface area contributed by atoms with Gasteiger partial charge in [0.05, 0.1) is 11.7 Å². The van der Waals surface area contributed by atoms with Crippen LogP contribution >= 0.6 is 11.3 Å². The van der Waals surface area contributed by atoms with Gasteiger partial charge in [0.15, 0.2) is 0 Å². The summed E-state index contributed by atoms with van der Waals surface area (Å²) in [6, 6.07) is 15.0. The highest BCUT2D eigenvalue weighted by atomic mass is 32.1. The van der Waals surface area contributed by atoms with Gasteiger partial charge in [-0.1, -0.05) is 35.8 Å². The second kappa shape index (κ2) is 6.03. The lowest BCUT2D eigenvalue weighted by Crippen LogP contribution is -2.41. The summed E-state index contributed by atoms with van der Waals surface area (Å²) in [5.74, 6) is 0. The van der Waals surface area contributed by atoms with E-state index in [0.717, 1.165) is 5.46 Å². The third kappa shape index (κ3) is 2.91. The van der Waals surface area contributed by atoms with Crippen molar-refractivity contribution in [1.82, 2.24) is 0 Å². The topological polar surface area (TPSA) is 18.5 Å². The Morgan fingerprint density at radius 2 is 1.77 bits per heavy atom. The van der Waals surface area contributed by atoms with E-state index in [0.29, 0.717) is 0 Å². The first-order chi connectivity index (χ1) is 10.5. The third-order valence-corrected chi connectivity index (χ3v) is 5.38. The van der Waals surface area contributed by atoms with Gasteiger partial charge in [0.25, 0.3) is 0 Å². The van der Waals surface area contributed by atoms with Gasteiger partial charge >= 0.3 is 7.48 Å². The van der Waals surface area contributed by atoms with Gasteiger partial charge in [0.2, 0.25) is 0 Å². The minimum absolute atomic E-state index is 0.0226. The van der Waals surface area contributed by atoms with Crippen molar-refractivity contribution in [3.05, 3.63) is 42.5 Å². The molecule has 22 heavy (non-hydrogen) atoms. The van der Waals surface area contributed by atoms with Crippen LogP contribution in [-0.4, -0.2) is 26.3 Å². The molecule has 2 aromatic carbocycles. The second-order valence-corrected chi connectivity index (χ2v) is 7.15. The van der Waals surface area contributed by atoms with Gasteiger partial charge in [-0.25, -0.2) is 0 Å². The van der Waals surface area contributed by atoms with Crippen LogP contribution in [0.3, 0.4) is 0 Å². The zero-order valence-corrected chi connectivity index (χ0v) is 14.2. The molecule has 1 radical (unpaired) electrons. The molecule has 1 atom stereocenters. The molecule has 113 valence electrons. The van der Waals surface area contributed by atoms with Crippen LogP contribution in [0.1, 0.15) is 20.8 Å². The molecule has 0 aliphatic rings. The number of rotatable bonds is 5. The van der Waals surface area contributed by atoms with Crippen LogP contribution < -0.4 is 5.46 Å². The summed E-state index contributed by atoms with van der Waals surface area (Å²) in [4.78, 5) is 0. The highest BCUT2D eigenvalue weighted by Crippen LogP contribution is 2.32. The number of benzene rings is 2. The van der Waals surface area contributed by atoms with Crippen molar-refractivity contribution in [2.24, 2.45) is 0 Å². The number of thiophene rings is 1. The third-order valence-electron chi connectivity index (χ3n) is 4.23. The normalized spacial score (nSPS) is 13.6. The molecule has 1 unspecified atom stereocenters. The Morgan fingerprint density at radius 1 is 1.05 bits per heavy atom. The first-order valence-electron chi connectivity index (χ1n) is 7.46. The smallest absolute Gasteiger partial charge is 0.330 e. The van der Waals surface area contributed by atoms with Gasteiger partial charge in [0, 0.05) is 21.9 Å². The molecule has 0 spiro atoms. The minimum Gasteiger partial charge on any atom is -0.427 e. The van der Waals surface area contributed by atoms with Crippen LogP contribution in [0.4, 0.5) is 0 Å². The minimum atomic E-state index is -0.361. The average molecular weight is 311 g/mol. The quantitative estimate of drug-likeness (QED) is 0.660. The molecule has 1 heterocycles. The van der Waals surface area contributed by atoms with E-state index in [4.69, 9.17) is 9.39 Å². The van der Waals surface area contributed by atoms with Crippen LogP contribution in [0, 0.1) is 0 Å². The summed E-state index contributed by atoms with van der Waals surface area (Å²) in [6.07, 6.45) is 0.0226. The van der Waals surface area contributed by atoms with Crippen molar-refractivity contribution in [2.45, 2.75) is 32.5 Å². The molecule has 0 amide bonds. The lowest BCUT2D eigenvalue weighted by molar-refractivity contribution is -0.0402. The van der Waals surface area contributed by atoms with Crippen molar-refractivity contribution in [3.63, 3.8) is 0 Å². The van der Waals surface area contributed by atoms with E-state index >= 15 is 0 Å². The maximum Gasteiger partial charge on any atom is 0.330 e. The van der Waals surface area contributed by atoms with Gasteiger partial charge in [0.1, 0.15) is 0 Å². The number of hydrogen-bond donors (Lipinski definition) is 0. The van der Waals surface area contributed by atoms with Crippen molar-refractivity contribution in [1.29, 1.82) is 0 Å². The molecule has 0 bridgehead atoms. The van der Waals surface area contributed by atoms with E-state index < -0.39 is 0 Å². The Kier molecular flexibility index (Phi) is 4.26. The first-order valence-corrected chi connectivity index (χ1v) is 8.28. The zero-order valence-electron chi connectivity index (χ0n) is 13.4. The molecule has 0 fully saturated rings. The van der Waals surface area contributed by atoms with Crippen molar-refractivity contribution in [3.8, 4) is 0 Å². The van der Waals surface area contributed by atoms with Crippen LogP contribution in [0.2, 0.25) is 0 Å². The molecule has 4 heteroatoms. The summed E-state index contributed by atoms with van der Waals surface area (Å²) in [7, 11) is 3.54. The van der Waals surface area contributed by atoms with Gasteiger partial charge in [-0.15, -0.1) is 11.3 Å². The number of ether oxygens (including phenoxy) is 1. The van der Waals surface area contributed by atoms with E-state index in [1.54, 1.807) is 7.11 Å². The molecule has 3 aromatic rings. The molecule has 0 N–H and O–H groups in total. The zero-order chi connectivity index (χ0) is 15.7. The molecular formula is C18H20BO2S. The van der Waals surface area contributed by atoms with E-state index in [2.05, 4.69) is 42.5 Å². The average Bonchev–Trinajstić information content (AvgIpc) is 2.90. The lowest BCUT2D eigenvalue weighted by Gasteiger charge is -2.31. The van der Waals surface area contributed by atoms with E-state index in [-0.39, 0.29) is 11.7 Å². The fraction of sp³-hybridized carbons (Fsp3) is 0.333. The van der Waals surface area contributed by atoms with E-state index in [9.17, 15) is 0 Å². The Morgan fingerprint density at radius 3 is 2.55 bits per heavy atom. The fourth-order valence-electron chi connectivity index (χ4n) is 2.42. The van der Waals surface area contributed by atoms with Gasteiger partial charge in [-0.05, 0) is 38.3 Å². The molecule has 0 saturated carbocycles. The predicted octanol–water partition coefficient (Wildman–Crippen LogP) is 4.13. The van der Waals surface area contributed by atoms with Crippen LogP contribution in [0.25, 0.3) is 20.2 Å². The van der Waals surface area contributed by atoms with Crippen LogP contribution in [-0.2, 0) is 9.39 Å². The summed E-state index contributed by atoms with van der Waals surface area (Å²) < 4.78 is 14.0. The molecular weight excluding hydrogens is 291 g/mol.